The minimum absolute atomic E-state index is 0.00219. The molecule has 0 aliphatic heterocycles. The van der Waals surface area contributed by atoms with E-state index >= 15 is 0 Å². The van der Waals surface area contributed by atoms with Crippen molar-refractivity contribution in [2.75, 3.05) is 11.9 Å². The molecule has 1 N–H and O–H groups in total. The molecule has 0 spiro atoms. The van der Waals surface area contributed by atoms with Crippen LogP contribution in [0.15, 0.2) is 24.3 Å². The Hall–Kier alpha value is -1.88. The van der Waals surface area contributed by atoms with Crippen LogP contribution in [-0.4, -0.2) is 17.5 Å². The van der Waals surface area contributed by atoms with Crippen LogP contribution in [0.5, 0.6) is 5.75 Å². The fraction of sp³-hybridized carbons (Fsp3) is 0.375. The Morgan fingerprint density at radius 3 is 2.57 bits per heavy atom. The van der Waals surface area contributed by atoms with Gasteiger partial charge in [-0.25, -0.2) is 4.98 Å². The molecule has 1 amide bonds. The van der Waals surface area contributed by atoms with Crippen LogP contribution in [0.2, 0.25) is 0 Å². The summed E-state index contributed by atoms with van der Waals surface area (Å²) in [5.74, 6) is 0.858. The highest BCUT2D eigenvalue weighted by Crippen LogP contribution is 2.21. The lowest BCUT2D eigenvalue weighted by Crippen LogP contribution is -2.12. The summed E-state index contributed by atoms with van der Waals surface area (Å²) in [6, 6.07) is 7.86. The van der Waals surface area contributed by atoms with Gasteiger partial charge in [0.25, 0.3) is 0 Å². The molecule has 1 aromatic heterocycles. The standard InChI is InChI=1S/C16H20N2O2S/c1-4-20-14-8-5-13(6-9-14)7-10-15(19)18-16-17-11(2)12(3)21-16/h5-6,8-9H,4,7,10H2,1-3H3,(H,17,18,19). The molecule has 0 atom stereocenters. The van der Waals surface area contributed by atoms with Gasteiger partial charge < -0.3 is 10.1 Å². The lowest BCUT2D eigenvalue weighted by Gasteiger charge is -2.05. The quantitative estimate of drug-likeness (QED) is 0.884. The number of rotatable bonds is 6. The van der Waals surface area contributed by atoms with Gasteiger partial charge in [0.2, 0.25) is 5.91 Å². The molecule has 0 aliphatic carbocycles. The number of benzene rings is 1. The molecule has 0 saturated carbocycles. The highest BCUT2D eigenvalue weighted by atomic mass is 32.1. The zero-order valence-corrected chi connectivity index (χ0v) is 13.4. The van der Waals surface area contributed by atoms with Crippen LogP contribution in [-0.2, 0) is 11.2 Å². The molecule has 5 heteroatoms. The highest BCUT2D eigenvalue weighted by Gasteiger charge is 2.08. The van der Waals surface area contributed by atoms with Crippen LogP contribution in [0.4, 0.5) is 5.13 Å². The van der Waals surface area contributed by atoms with E-state index in [1.54, 1.807) is 0 Å². The molecule has 0 bridgehead atoms. The first-order valence-electron chi connectivity index (χ1n) is 7.04. The number of amides is 1. The van der Waals surface area contributed by atoms with Crippen LogP contribution in [0.3, 0.4) is 0 Å². The Labute approximate surface area is 129 Å². The Kier molecular flexibility index (Phi) is 5.33. The molecule has 112 valence electrons. The SMILES string of the molecule is CCOc1ccc(CCC(=O)Nc2nc(C)c(C)s2)cc1. The van der Waals surface area contributed by atoms with E-state index in [1.807, 2.05) is 45.0 Å². The van der Waals surface area contributed by atoms with Crippen molar-refractivity contribution in [2.45, 2.75) is 33.6 Å². The Morgan fingerprint density at radius 1 is 1.29 bits per heavy atom. The van der Waals surface area contributed by atoms with Gasteiger partial charge in [0.05, 0.1) is 12.3 Å². The summed E-state index contributed by atoms with van der Waals surface area (Å²) in [5, 5.41) is 3.53. The number of nitrogens with one attached hydrogen (secondary N) is 1. The van der Waals surface area contributed by atoms with E-state index < -0.39 is 0 Å². The summed E-state index contributed by atoms with van der Waals surface area (Å²) >= 11 is 1.51. The summed E-state index contributed by atoms with van der Waals surface area (Å²) in [6.45, 7) is 6.57. The lowest BCUT2D eigenvalue weighted by atomic mass is 10.1. The predicted octanol–water partition coefficient (Wildman–Crippen LogP) is 3.73. The number of ether oxygens (including phenoxy) is 1. The first-order valence-corrected chi connectivity index (χ1v) is 7.85. The zero-order chi connectivity index (χ0) is 15.2. The highest BCUT2D eigenvalue weighted by molar-refractivity contribution is 7.15. The number of thiazole rings is 1. The third-order valence-corrected chi connectivity index (χ3v) is 4.14. The second kappa shape index (κ2) is 7.22. The number of carbonyl (C=O) groups is 1. The van der Waals surface area contributed by atoms with E-state index in [0.29, 0.717) is 24.6 Å². The smallest absolute Gasteiger partial charge is 0.226 e. The van der Waals surface area contributed by atoms with Crippen molar-refractivity contribution in [3.63, 3.8) is 0 Å². The van der Waals surface area contributed by atoms with Gasteiger partial charge in [-0.15, -0.1) is 11.3 Å². The van der Waals surface area contributed by atoms with Gasteiger partial charge in [0.1, 0.15) is 5.75 Å². The van der Waals surface area contributed by atoms with E-state index in [1.165, 1.54) is 11.3 Å². The van der Waals surface area contributed by atoms with Crippen molar-refractivity contribution in [1.82, 2.24) is 4.98 Å². The average molecular weight is 304 g/mol. The van der Waals surface area contributed by atoms with E-state index in [-0.39, 0.29) is 5.91 Å². The lowest BCUT2D eigenvalue weighted by molar-refractivity contribution is -0.116. The van der Waals surface area contributed by atoms with Gasteiger partial charge in [0.15, 0.2) is 5.13 Å². The second-order valence-corrected chi connectivity index (χ2v) is 5.99. The fourth-order valence-corrected chi connectivity index (χ4v) is 2.72. The number of hydrogen-bond acceptors (Lipinski definition) is 4. The molecular weight excluding hydrogens is 284 g/mol. The third kappa shape index (κ3) is 4.56. The first kappa shape index (κ1) is 15.5. The van der Waals surface area contributed by atoms with Crippen LogP contribution in [0.1, 0.15) is 29.5 Å². The largest absolute Gasteiger partial charge is 0.494 e. The van der Waals surface area contributed by atoms with Crippen molar-refractivity contribution in [1.29, 1.82) is 0 Å². The molecule has 1 aromatic carbocycles. The molecule has 2 aromatic rings. The van der Waals surface area contributed by atoms with Crippen molar-refractivity contribution in [3.05, 3.63) is 40.4 Å². The Bertz CT molecular complexity index is 586. The number of hydrogen-bond donors (Lipinski definition) is 1. The summed E-state index contributed by atoms with van der Waals surface area (Å²) in [7, 11) is 0. The minimum atomic E-state index is -0.00219. The van der Waals surface area contributed by atoms with Gasteiger partial charge in [-0.2, -0.15) is 0 Å². The Balaban J connectivity index is 1.83. The van der Waals surface area contributed by atoms with Crippen molar-refractivity contribution >= 4 is 22.4 Å². The van der Waals surface area contributed by atoms with Crippen LogP contribution in [0, 0.1) is 13.8 Å². The van der Waals surface area contributed by atoms with Gasteiger partial charge >= 0.3 is 0 Å². The van der Waals surface area contributed by atoms with Crippen molar-refractivity contribution < 1.29 is 9.53 Å². The summed E-state index contributed by atoms with van der Waals surface area (Å²) in [6.07, 6.45) is 1.16. The van der Waals surface area contributed by atoms with Gasteiger partial charge in [-0.3, -0.25) is 4.79 Å². The maximum Gasteiger partial charge on any atom is 0.226 e. The predicted molar refractivity (Wildman–Crippen MR) is 86.1 cm³/mol. The van der Waals surface area contributed by atoms with Gasteiger partial charge in [-0.05, 0) is 44.9 Å². The van der Waals surface area contributed by atoms with Crippen LogP contribution < -0.4 is 10.1 Å². The molecule has 2 rings (SSSR count). The maximum atomic E-state index is 11.9. The second-order valence-electron chi connectivity index (χ2n) is 4.79. The third-order valence-electron chi connectivity index (χ3n) is 3.15. The first-order chi connectivity index (χ1) is 10.1. The van der Waals surface area contributed by atoms with Gasteiger partial charge in [-0.1, -0.05) is 12.1 Å². The molecule has 0 radical (unpaired) electrons. The fourth-order valence-electron chi connectivity index (χ4n) is 1.88. The number of aryl methyl sites for hydroxylation is 3. The zero-order valence-electron chi connectivity index (χ0n) is 12.6. The number of anilines is 1. The number of aromatic nitrogens is 1. The van der Waals surface area contributed by atoms with Crippen LogP contribution >= 0.6 is 11.3 Å². The average Bonchev–Trinajstić information content (AvgIpc) is 2.77. The molecular formula is C16H20N2O2S. The monoisotopic (exact) mass is 304 g/mol. The van der Waals surface area contributed by atoms with E-state index in [9.17, 15) is 4.79 Å². The molecule has 0 aliphatic rings. The van der Waals surface area contributed by atoms with E-state index in [0.717, 1.165) is 21.9 Å². The molecule has 1 heterocycles. The molecule has 0 saturated heterocycles. The Morgan fingerprint density at radius 2 is 2.00 bits per heavy atom. The maximum absolute atomic E-state index is 11.9. The van der Waals surface area contributed by atoms with E-state index in [4.69, 9.17) is 4.74 Å². The molecule has 4 nitrogen and oxygen atoms in total. The summed E-state index contributed by atoms with van der Waals surface area (Å²) < 4.78 is 5.39. The number of carbonyl (C=O) groups excluding carboxylic acids is 1. The van der Waals surface area contributed by atoms with Gasteiger partial charge in [0, 0.05) is 11.3 Å². The van der Waals surface area contributed by atoms with E-state index in [2.05, 4.69) is 10.3 Å². The number of nitrogens with zero attached hydrogens (tertiary/aromatic N) is 1. The summed E-state index contributed by atoms with van der Waals surface area (Å²) in [4.78, 5) is 17.3. The normalized spacial score (nSPS) is 10.4. The molecule has 0 fully saturated rings. The summed E-state index contributed by atoms with van der Waals surface area (Å²) in [5.41, 5.74) is 2.10. The molecule has 0 unspecified atom stereocenters. The van der Waals surface area contributed by atoms with Crippen molar-refractivity contribution in [2.24, 2.45) is 0 Å². The minimum Gasteiger partial charge on any atom is -0.494 e. The van der Waals surface area contributed by atoms with Crippen LogP contribution in [0.25, 0.3) is 0 Å². The molecule has 21 heavy (non-hydrogen) atoms. The topological polar surface area (TPSA) is 51.2 Å². The van der Waals surface area contributed by atoms with Crippen molar-refractivity contribution in [3.8, 4) is 5.75 Å².